The molecule has 0 saturated heterocycles. The van der Waals surface area contributed by atoms with E-state index in [0.29, 0.717) is 13.1 Å². The molecule has 0 aromatic heterocycles. The molecule has 0 radical (unpaired) electrons. The number of allylic oxidation sites excluding steroid dienone is 9. The van der Waals surface area contributed by atoms with Crippen LogP contribution in [0.3, 0.4) is 0 Å². The van der Waals surface area contributed by atoms with E-state index < -0.39 is 0 Å². The maximum absolute atomic E-state index is 12.0. The summed E-state index contributed by atoms with van der Waals surface area (Å²) in [4.78, 5) is 22.8. The molecule has 0 unspecified atom stereocenters. The molecule has 1 aliphatic rings. The van der Waals surface area contributed by atoms with E-state index in [4.69, 9.17) is 0 Å². The van der Waals surface area contributed by atoms with Crippen molar-refractivity contribution in [3.63, 3.8) is 0 Å². The van der Waals surface area contributed by atoms with Gasteiger partial charge in [-0.3, -0.25) is 9.59 Å². The van der Waals surface area contributed by atoms with Gasteiger partial charge in [-0.15, -0.1) is 0 Å². The fourth-order valence-corrected chi connectivity index (χ4v) is 3.84. The lowest BCUT2D eigenvalue weighted by Crippen LogP contribution is -2.23. The highest BCUT2D eigenvalue weighted by molar-refractivity contribution is 5.88. The number of carbonyl (C=O) groups excluding carboxylic acids is 2. The van der Waals surface area contributed by atoms with Gasteiger partial charge in [0.1, 0.15) is 0 Å². The highest BCUT2D eigenvalue weighted by atomic mass is 16.2. The lowest BCUT2D eigenvalue weighted by atomic mass is 9.72. The van der Waals surface area contributed by atoms with Gasteiger partial charge in [0.2, 0.25) is 11.8 Å². The quantitative estimate of drug-likeness (QED) is 0.244. The van der Waals surface area contributed by atoms with Crippen molar-refractivity contribution in [2.75, 3.05) is 13.1 Å². The second-order valence-corrected chi connectivity index (χ2v) is 9.26. The van der Waals surface area contributed by atoms with Crippen LogP contribution in [0.2, 0.25) is 0 Å². The third kappa shape index (κ3) is 11.6. The van der Waals surface area contributed by atoms with Crippen molar-refractivity contribution in [3.05, 3.63) is 58.7 Å². The van der Waals surface area contributed by atoms with Gasteiger partial charge in [-0.25, -0.2) is 0 Å². The zero-order valence-electron chi connectivity index (χ0n) is 20.4. The van der Waals surface area contributed by atoms with Crippen molar-refractivity contribution < 1.29 is 9.59 Å². The Morgan fingerprint density at radius 1 is 0.968 bits per heavy atom. The highest BCUT2D eigenvalue weighted by Gasteiger charge is 2.26. The van der Waals surface area contributed by atoms with Crippen molar-refractivity contribution in [1.82, 2.24) is 10.6 Å². The van der Waals surface area contributed by atoms with E-state index in [1.54, 1.807) is 6.08 Å². The molecule has 0 aromatic rings. The van der Waals surface area contributed by atoms with Crippen molar-refractivity contribution in [2.24, 2.45) is 5.41 Å². The number of hydrogen-bond donors (Lipinski definition) is 2. The minimum Gasteiger partial charge on any atom is -0.356 e. The Balaban J connectivity index is 2.42. The van der Waals surface area contributed by atoms with Crippen LogP contribution >= 0.6 is 0 Å². The van der Waals surface area contributed by atoms with Gasteiger partial charge < -0.3 is 10.6 Å². The van der Waals surface area contributed by atoms with Crippen LogP contribution in [-0.4, -0.2) is 24.9 Å². The zero-order chi connectivity index (χ0) is 23.3. The van der Waals surface area contributed by atoms with Crippen LogP contribution < -0.4 is 10.6 Å². The number of carbonyl (C=O) groups is 2. The molecule has 4 heteroatoms. The maximum atomic E-state index is 12.0. The van der Waals surface area contributed by atoms with E-state index in [2.05, 4.69) is 56.6 Å². The molecule has 31 heavy (non-hydrogen) atoms. The van der Waals surface area contributed by atoms with Crippen molar-refractivity contribution in [2.45, 2.75) is 80.1 Å². The van der Waals surface area contributed by atoms with Crippen LogP contribution in [0.1, 0.15) is 80.1 Å². The number of unbranched alkanes of at least 4 members (excludes halogenated alkanes) is 2. The van der Waals surface area contributed by atoms with Crippen molar-refractivity contribution >= 4 is 11.8 Å². The predicted octanol–water partition coefficient (Wildman–Crippen LogP) is 5.94. The molecule has 0 saturated carbocycles. The lowest BCUT2D eigenvalue weighted by molar-refractivity contribution is -0.119. The molecule has 2 amide bonds. The van der Waals surface area contributed by atoms with Crippen LogP contribution in [0, 0.1) is 5.41 Å². The van der Waals surface area contributed by atoms with E-state index in [9.17, 15) is 9.59 Å². The summed E-state index contributed by atoms with van der Waals surface area (Å²) in [7, 11) is 0. The Bertz CT molecular complexity index is 764. The molecule has 4 nitrogen and oxygen atoms in total. The van der Waals surface area contributed by atoms with E-state index in [1.165, 1.54) is 42.9 Å². The molecule has 1 aliphatic carbocycles. The first kappa shape index (κ1) is 26.7. The SMILES string of the molecule is CC(=O)NCCCCCNC(=O)C=C(C)C=CC=C(C)C=CC1=C(C)CCCC1(C)C. The molecule has 0 aliphatic heterocycles. The monoisotopic (exact) mass is 426 g/mol. The first-order valence-corrected chi connectivity index (χ1v) is 11.6. The summed E-state index contributed by atoms with van der Waals surface area (Å²) >= 11 is 0. The van der Waals surface area contributed by atoms with Gasteiger partial charge in [0.05, 0.1) is 0 Å². The molecule has 0 heterocycles. The minimum absolute atomic E-state index is 0.00342. The van der Waals surface area contributed by atoms with Crippen molar-refractivity contribution in [1.29, 1.82) is 0 Å². The number of amides is 2. The second-order valence-electron chi connectivity index (χ2n) is 9.26. The van der Waals surface area contributed by atoms with E-state index in [0.717, 1.165) is 24.8 Å². The summed E-state index contributed by atoms with van der Waals surface area (Å²) in [6.07, 6.45) is 18.7. The second kappa shape index (κ2) is 13.8. The average molecular weight is 427 g/mol. The summed E-state index contributed by atoms with van der Waals surface area (Å²) in [5.74, 6) is -0.0600. The Morgan fingerprint density at radius 2 is 1.65 bits per heavy atom. The van der Waals surface area contributed by atoms with Gasteiger partial charge in [0, 0.05) is 26.1 Å². The Hall–Kier alpha value is -2.36. The Morgan fingerprint density at radius 3 is 2.29 bits per heavy atom. The smallest absolute Gasteiger partial charge is 0.244 e. The lowest BCUT2D eigenvalue weighted by Gasteiger charge is -2.32. The third-order valence-corrected chi connectivity index (χ3v) is 5.66. The average Bonchev–Trinajstić information content (AvgIpc) is 2.66. The van der Waals surface area contributed by atoms with Gasteiger partial charge in [-0.1, -0.05) is 55.4 Å². The van der Waals surface area contributed by atoms with Gasteiger partial charge in [-0.2, -0.15) is 0 Å². The van der Waals surface area contributed by atoms with E-state index in [1.807, 2.05) is 19.1 Å². The maximum Gasteiger partial charge on any atom is 0.244 e. The van der Waals surface area contributed by atoms with Gasteiger partial charge >= 0.3 is 0 Å². The molecule has 172 valence electrons. The topological polar surface area (TPSA) is 58.2 Å². The standard InChI is InChI=1S/C27H42N2O2/c1-21(15-16-25-23(3)14-11-17-27(25,5)6)12-10-13-22(2)20-26(31)29-19-9-7-8-18-28-24(4)30/h10,12-13,15-16,20H,7-9,11,14,17-19H2,1-6H3,(H,28,30)(H,29,31). The fourth-order valence-electron chi connectivity index (χ4n) is 3.84. The first-order valence-electron chi connectivity index (χ1n) is 11.6. The normalized spacial score (nSPS) is 17.5. The summed E-state index contributed by atoms with van der Waals surface area (Å²) in [5.41, 5.74) is 5.34. The van der Waals surface area contributed by atoms with E-state index >= 15 is 0 Å². The number of rotatable bonds is 11. The van der Waals surface area contributed by atoms with Gasteiger partial charge in [0.15, 0.2) is 0 Å². The summed E-state index contributed by atoms with van der Waals surface area (Å²) in [5, 5.41) is 5.69. The van der Waals surface area contributed by atoms with Crippen LogP contribution in [0.4, 0.5) is 0 Å². The Kier molecular flexibility index (Phi) is 11.9. The minimum atomic E-state index is -0.0634. The van der Waals surface area contributed by atoms with Crippen LogP contribution in [-0.2, 0) is 9.59 Å². The largest absolute Gasteiger partial charge is 0.356 e. The van der Waals surface area contributed by atoms with Gasteiger partial charge in [-0.05, 0) is 75.9 Å². The van der Waals surface area contributed by atoms with Crippen LogP contribution in [0.15, 0.2) is 58.7 Å². The molecule has 0 bridgehead atoms. The van der Waals surface area contributed by atoms with E-state index in [-0.39, 0.29) is 17.2 Å². The summed E-state index contributed by atoms with van der Waals surface area (Å²) < 4.78 is 0. The molecule has 0 spiro atoms. The zero-order valence-corrected chi connectivity index (χ0v) is 20.4. The molecule has 2 N–H and O–H groups in total. The fraction of sp³-hybridized carbons (Fsp3) is 0.556. The highest BCUT2D eigenvalue weighted by Crippen LogP contribution is 2.40. The molecule has 0 aromatic carbocycles. The third-order valence-electron chi connectivity index (χ3n) is 5.66. The molecular weight excluding hydrogens is 384 g/mol. The molecule has 0 fully saturated rings. The molecular formula is C27H42N2O2. The van der Waals surface area contributed by atoms with Crippen LogP contribution in [0.25, 0.3) is 0 Å². The Labute approximate surface area is 189 Å². The van der Waals surface area contributed by atoms with Gasteiger partial charge in [0.25, 0.3) is 0 Å². The number of hydrogen-bond acceptors (Lipinski definition) is 2. The summed E-state index contributed by atoms with van der Waals surface area (Å²) in [6, 6.07) is 0. The first-order chi connectivity index (χ1) is 14.6. The number of nitrogens with one attached hydrogen (secondary N) is 2. The molecule has 0 atom stereocenters. The predicted molar refractivity (Wildman–Crippen MR) is 132 cm³/mol. The molecule has 1 rings (SSSR count). The summed E-state index contributed by atoms with van der Waals surface area (Å²) in [6.45, 7) is 13.8. The van der Waals surface area contributed by atoms with Crippen molar-refractivity contribution in [3.8, 4) is 0 Å². The van der Waals surface area contributed by atoms with Crippen LogP contribution in [0.5, 0.6) is 0 Å².